The molecule has 0 heterocycles. The summed E-state index contributed by atoms with van der Waals surface area (Å²) in [5.74, 6) is 12.7. The third-order valence-electron chi connectivity index (χ3n) is 21.3. The molecule has 8 heteroatoms. The monoisotopic (exact) mass is 1250 g/mol. The molecule has 9 rings (SSSR count). The van der Waals surface area contributed by atoms with Gasteiger partial charge in [0.05, 0.1) is 5.60 Å². The molecule has 416 valence electrons. The number of hydrogen-bond donors (Lipinski definition) is 0. The molecule has 7 fully saturated rings. The number of halogens is 4. The standard InChI is InChI=1S/C31H56O.C30H42Si.4CH3.4ClH.2Zr/c1-30(2,3)32-21-13-7-6-8-14-23-19-20-24(22-23)31(4,5)29-27-17-11-9-15-25(27)26-16-10-12-18-28(26)29;1-21-22(2)24(4)30(23(21)3)31(26-14-7-5-8-15-26,27-16-9-6-10-17-27)29-20-19-25-13-11-12-18-28(25)29;;;;;;;;;;/h23-29H,6-22H2,1-5H3;5-10,14-17,21-25,28-30H,11-13,18-20H2,1-4H3;4*1H3;4*1H;;/q;;4*-1;;;;;2*+4/p-4. The number of hydrogen-bond acceptors (Lipinski definition) is 1. The van der Waals surface area contributed by atoms with E-state index in [1.165, 1.54) is 109 Å². The first kappa shape index (κ1) is 70.6. The fourth-order valence-corrected chi connectivity index (χ4v) is 26.1. The van der Waals surface area contributed by atoms with Crippen molar-refractivity contribution in [3.05, 3.63) is 90.4 Å². The molecule has 2 aromatic carbocycles. The van der Waals surface area contributed by atoms with Gasteiger partial charge in [0.25, 0.3) is 0 Å². The summed E-state index contributed by atoms with van der Waals surface area (Å²) < 4.78 is 5.88. The molecular formula is C65H110Cl4OSiZr2. The Balaban J connectivity index is 0.000000430. The van der Waals surface area contributed by atoms with Crippen LogP contribution in [0.2, 0.25) is 11.1 Å². The summed E-state index contributed by atoms with van der Waals surface area (Å²) in [7, 11) is 17.7. The van der Waals surface area contributed by atoms with Gasteiger partial charge in [-0.2, -0.15) is 0 Å². The van der Waals surface area contributed by atoms with Crippen LogP contribution in [0.4, 0.5) is 0 Å². The Labute approximate surface area is 493 Å². The van der Waals surface area contributed by atoms with Crippen molar-refractivity contribution >= 4 is 52.5 Å². The second kappa shape index (κ2) is 34.1. The van der Waals surface area contributed by atoms with E-state index in [0.29, 0.717) is 5.41 Å². The van der Waals surface area contributed by atoms with Crippen LogP contribution >= 0.6 is 34.1 Å². The summed E-state index contributed by atoms with van der Waals surface area (Å²) in [4.78, 5) is 0. The molecule has 0 saturated heterocycles. The first-order valence-electron chi connectivity index (χ1n) is 28.8. The Morgan fingerprint density at radius 3 is 1.42 bits per heavy atom. The van der Waals surface area contributed by atoms with Crippen LogP contribution in [0.15, 0.2) is 60.7 Å². The minimum absolute atomic E-state index is 0. The number of unbranched alkanes of at least 4 members (excludes halogenated alkanes) is 3. The van der Waals surface area contributed by atoms with Crippen molar-refractivity contribution in [1.29, 1.82) is 0 Å². The topological polar surface area (TPSA) is 9.23 Å². The molecule has 0 aromatic heterocycles. The van der Waals surface area contributed by atoms with Gasteiger partial charge in [-0.25, -0.2) is 0 Å². The molecule has 2 aromatic rings. The molecule has 0 N–H and O–H groups in total. The second-order valence-corrected chi connectivity index (χ2v) is 37.5. The number of benzene rings is 2. The molecule has 0 bridgehead atoms. The Morgan fingerprint density at radius 1 is 0.507 bits per heavy atom. The summed E-state index contributed by atoms with van der Waals surface area (Å²) >= 11 is -1.65. The van der Waals surface area contributed by atoms with Crippen molar-refractivity contribution < 1.29 is 46.4 Å². The average molecular weight is 1260 g/mol. The van der Waals surface area contributed by atoms with Gasteiger partial charge in [-0.05, 0) is 159 Å². The molecule has 13 atom stereocenters. The molecule has 7 aliphatic carbocycles. The fraction of sp³-hybridized carbons (Fsp3) is 0.754. The van der Waals surface area contributed by atoms with Gasteiger partial charge in [0.1, 0.15) is 8.07 Å². The normalized spacial score (nSPS) is 33.1. The average Bonchev–Trinajstić information content (AvgIpc) is 4.13. The molecular weight excluding hydrogens is 1150 g/mol. The van der Waals surface area contributed by atoms with Gasteiger partial charge in [-0.15, -0.1) is 0 Å². The van der Waals surface area contributed by atoms with Crippen LogP contribution in [0, 0.1) is 112 Å². The van der Waals surface area contributed by atoms with Crippen molar-refractivity contribution in [2.24, 2.45) is 82.3 Å². The van der Waals surface area contributed by atoms with Crippen LogP contribution in [0.1, 0.15) is 204 Å². The summed E-state index contributed by atoms with van der Waals surface area (Å²) in [6.07, 6.45) is 32.9. The van der Waals surface area contributed by atoms with Gasteiger partial charge in [0.2, 0.25) is 0 Å². The maximum atomic E-state index is 5.88. The van der Waals surface area contributed by atoms with Gasteiger partial charge in [0, 0.05) is 6.61 Å². The van der Waals surface area contributed by atoms with Gasteiger partial charge in [-0.1, -0.05) is 209 Å². The van der Waals surface area contributed by atoms with Crippen LogP contribution in [-0.4, -0.2) is 20.3 Å². The van der Waals surface area contributed by atoms with E-state index in [1.807, 2.05) is 0 Å². The summed E-state index contributed by atoms with van der Waals surface area (Å²) in [6, 6.07) is 24.0. The van der Waals surface area contributed by atoms with Gasteiger partial charge in [-0.3, -0.25) is 0 Å². The second-order valence-electron chi connectivity index (χ2n) is 25.7. The van der Waals surface area contributed by atoms with Gasteiger partial charge >= 0.3 is 75.7 Å². The fourth-order valence-electron chi connectivity index (χ4n) is 18.2. The Bertz CT molecular complexity index is 1670. The van der Waals surface area contributed by atoms with Crippen LogP contribution < -0.4 is 10.4 Å². The van der Waals surface area contributed by atoms with E-state index in [-0.39, 0.29) is 35.3 Å². The van der Waals surface area contributed by atoms with E-state index >= 15 is 0 Å². The number of ether oxygens (including phenoxy) is 1. The minimum atomic E-state index is -2.00. The first-order valence-corrected chi connectivity index (χ1v) is 43.7. The predicted molar refractivity (Wildman–Crippen MR) is 324 cm³/mol. The van der Waals surface area contributed by atoms with E-state index in [0.717, 1.165) is 94.6 Å². The Morgan fingerprint density at radius 2 is 0.945 bits per heavy atom. The van der Waals surface area contributed by atoms with E-state index in [9.17, 15) is 0 Å². The molecule has 1 nitrogen and oxygen atoms in total. The SMILES string of the molecule is CC(C)(C)OCCCCCCC1CCC(C(C)(C)C2C3CCCCC3C3CCCCC32)C1.CC1C(C)C(C)C([Si](c2ccccc2)(c2ccccc2)C2CCC3CCCCC32)C1C.[CH3-].[CH3-].[CH3-].[CH3-].[Cl][Zr+2][Cl].[Cl][Zr+2][Cl]. The zero-order chi connectivity index (χ0) is 49.8. The van der Waals surface area contributed by atoms with Crippen molar-refractivity contribution in [2.75, 3.05) is 6.61 Å². The van der Waals surface area contributed by atoms with Crippen LogP contribution in [-0.2, 0) is 46.4 Å². The van der Waals surface area contributed by atoms with Crippen molar-refractivity contribution in [3.8, 4) is 0 Å². The third kappa shape index (κ3) is 17.3. The number of fused-ring (bicyclic) bond motifs is 4. The zero-order valence-electron chi connectivity index (χ0n) is 49.1. The van der Waals surface area contributed by atoms with E-state index in [1.54, 1.807) is 42.5 Å². The molecule has 0 radical (unpaired) electrons. The molecule has 0 aliphatic heterocycles. The first-order chi connectivity index (χ1) is 33.2. The quantitative estimate of drug-likeness (QED) is 0.110. The molecule has 73 heavy (non-hydrogen) atoms. The maximum absolute atomic E-state index is 5.88. The molecule has 13 unspecified atom stereocenters. The van der Waals surface area contributed by atoms with E-state index in [2.05, 4.69) is 123 Å². The zero-order valence-corrected chi connectivity index (χ0v) is 58.1. The molecule has 7 aliphatic rings. The third-order valence-corrected chi connectivity index (χ3v) is 27.9. The summed E-state index contributed by atoms with van der Waals surface area (Å²) in [5, 5.41) is 3.48. The van der Waals surface area contributed by atoms with Crippen LogP contribution in [0.25, 0.3) is 0 Å². The van der Waals surface area contributed by atoms with Crippen molar-refractivity contribution in [1.82, 2.24) is 0 Å². The van der Waals surface area contributed by atoms with Crippen LogP contribution in [0.5, 0.6) is 0 Å². The molecule has 0 spiro atoms. The van der Waals surface area contributed by atoms with E-state index in [4.69, 9.17) is 38.8 Å². The predicted octanol–water partition coefficient (Wildman–Crippen LogP) is 21.1. The van der Waals surface area contributed by atoms with Crippen LogP contribution in [0.3, 0.4) is 0 Å². The Kier molecular flexibility index (Phi) is 33.0. The summed E-state index contributed by atoms with van der Waals surface area (Å²) in [5.41, 5.74) is 2.36. The number of rotatable bonds is 13. The Hall–Kier alpha value is 1.54. The van der Waals surface area contributed by atoms with Gasteiger partial charge < -0.3 is 34.4 Å². The van der Waals surface area contributed by atoms with Crippen molar-refractivity contribution in [2.45, 2.75) is 220 Å². The molecule has 0 amide bonds. The summed E-state index contributed by atoms with van der Waals surface area (Å²) in [6.45, 7) is 23.3. The van der Waals surface area contributed by atoms with Gasteiger partial charge in [0.15, 0.2) is 0 Å². The molecule has 7 saturated carbocycles. The van der Waals surface area contributed by atoms with Crippen molar-refractivity contribution in [3.63, 3.8) is 0 Å². The van der Waals surface area contributed by atoms with E-state index < -0.39 is 49.8 Å².